The average molecular weight is 522 g/mol. The Balaban J connectivity index is 1.67. The fourth-order valence-corrected chi connectivity index (χ4v) is 7.13. The molecule has 0 aliphatic carbocycles. The molecule has 1 aliphatic rings. The Bertz CT molecular complexity index is 1250. The minimum Gasteiger partial charge on any atom is -0.352 e. The molecular weight excluding hydrogens is 481 g/mol. The molecule has 37 heavy (non-hydrogen) atoms. The van der Waals surface area contributed by atoms with E-state index in [-0.39, 0.29) is 30.5 Å². The molecule has 1 aromatic heterocycles. The fraction of sp³-hybridized carbons (Fsp3) is 0.500. The second-order valence-corrected chi connectivity index (χ2v) is 11.5. The van der Waals surface area contributed by atoms with Gasteiger partial charge in [0.15, 0.2) is 0 Å². The van der Waals surface area contributed by atoms with Crippen LogP contribution in [-0.2, 0) is 13.8 Å². The van der Waals surface area contributed by atoms with E-state index in [4.69, 9.17) is 19.0 Å². The van der Waals surface area contributed by atoms with Gasteiger partial charge >= 0.3 is 0 Å². The molecular formula is C30H40N3O3P. The van der Waals surface area contributed by atoms with Crippen molar-refractivity contribution in [3.8, 4) is 6.07 Å². The van der Waals surface area contributed by atoms with E-state index >= 15 is 0 Å². The van der Waals surface area contributed by atoms with Crippen LogP contribution in [0.1, 0.15) is 72.6 Å². The smallest absolute Gasteiger partial charge is 0.259 e. The molecule has 0 spiro atoms. The maximum atomic E-state index is 9.06. The van der Waals surface area contributed by atoms with Crippen LogP contribution < -0.4 is 0 Å². The van der Waals surface area contributed by atoms with Crippen LogP contribution in [-0.4, -0.2) is 40.1 Å². The highest BCUT2D eigenvalue weighted by atomic mass is 31.2. The van der Waals surface area contributed by atoms with Crippen LogP contribution in [0, 0.1) is 11.3 Å². The number of rotatable bonds is 11. The molecule has 3 aromatic rings. The number of ether oxygens (including phenoxy) is 1. The molecule has 1 saturated heterocycles. The number of aromatic nitrogens is 1. The first-order valence-electron chi connectivity index (χ1n) is 13.4. The molecule has 1 aliphatic heterocycles. The number of hydrogen-bond acceptors (Lipinski definition) is 5. The van der Waals surface area contributed by atoms with Gasteiger partial charge in [-0.05, 0) is 64.8 Å². The van der Waals surface area contributed by atoms with Gasteiger partial charge in [0.2, 0.25) is 0 Å². The average Bonchev–Trinajstić information content (AvgIpc) is 3.42. The van der Waals surface area contributed by atoms with Crippen molar-refractivity contribution in [3.05, 3.63) is 54.1 Å². The highest BCUT2D eigenvalue weighted by molar-refractivity contribution is 7.44. The number of allylic oxidation sites excluding steroid dienone is 1. The lowest BCUT2D eigenvalue weighted by molar-refractivity contribution is -0.0145. The van der Waals surface area contributed by atoms with Crippen molar-refractivity contribution in [2.45, 2.75) is 91.3 Å². The summed E-state index contributed by atoms with van der Waals surface area (Å²) in [5, 5.41) is 11.5. The predicted molar refractivity (Wildman–Crippen MR) is 153 cm³/mol. The molecule has 0 amide bonds. The largest absolute Gasteiger partial charge is 0.352 e. The third kappa shape index (κ3) is 5.93. The summed E-state index contributed by atoms with van der Waals surface area (Å²) in [7, 11) is -1.33. The quantitative estimate of drug-likeness (QED) is 0.188. The van der Waals surface area contributed by atoms with Crippen LogP contribution >= 0.6 is 8.53 Å². The van der Waals surface area contributed by atoms with E-state index in [0.717, 1.165) is 12.8 Å². The third-order valence-corrected chi connectivity index (χ3v) is 9.01. The Hall–Kier alpha value is -2.26. The number of hydrogen-bond donors (Lipinski definition) is 0. The van der Waals surface area contributed by atoms with Crippen molar-refractivity contribution < 1.29 is 13.8 Å². The van der Waals surface area contributed by atoms with Crippen LogP contribution in [0.3, 0.4) is 0 Å². The van der Waals surface area contributed by atoms with E-state index in [1.807, 2.05) is 6.92 Å². The monoisotopic (exact) mass is 521 g/mol. The van der Waals surface area contributed by atoms with E-state index < -0.39 is 8.53 Å². The maximum Gasteiger partial charge on any atom is 0.259 e. The van der Waals surface area contributed by atoms with Crippen LogP contribution in [0.5, 0.6) is 0 Å². The van der Waals surface area contributed by atoms with Crippen molar-refractivity contribution in [3.63, 3.8) is 0 Å². The Morgan fingerprint density at radius 2 is 1.86 bits per heavy atom. The third-order valence-electron chi connectivity index (χ3n) is 6.85. The van der Waals surface area contributed by atoms with Gasteiger partial charge in [-0.3, -0.25) is 0 Å². The topological polar surface area (TPSA) is 59.7 Å². The SMILES string of the molecule is C/C=C/c1ccc2c(c1)c1ccccc1n2[C@H]1CC(OP(OCCC#N)N(C(C)C)C(C)C)[C@@H](CC)O1. The molecule has 0 bridgehead atoms. The first-order chi connectivity index (χ1) is 17.9. The second kappa shape index (κ2) is 12.5. The lowest BCUT2D eigenvalue weighted by Crippen LogP contribution is -2.35. The Morgan fingerprint density at radius 3 is 2.54 bits per heavy atom. The van der Waals surface area contributed by atoms with Crippen molar-refractivity contribution >= 4 is 36.4 Å². The molecule has 0 saturated carbocycles. The van der Waals surface area contributed by atoms with Gasteiger partial charge < -0.3 is 18.4 Å². The van der Waals surface area contributed by atoms with Crippen LogP contribution in [0.25, 0.3) is 27.9 Å². The number of para-hydroxylation sites is 1. The minimum atomic E-state index is -1.33. The molecule has 198 valence electrons. The summed E-state index contributed by atoms with van der Waals surface area (Å²) in [6.07, 6.45) is 5.90. The van der Waals surface area contributed by atoms with Crippen molar-refractivity contribution in [1.29, 1.82) is 5.26 Å². The molecule has 0 N–H and O–H groups in total. The van der Waals surface area contributed by atoms with Crippen molar-refractivity contribution in [2.75, 3.05) is 6.61 Å². The first kappa shape index (κ1) is 27.8. The van der Waals surface area contributed by atoms with Crippen molar-refractivity contribution in [2.24, 2.45) is 0 Å². The van der Waals surface area contributed by atoms with Crippen molar-refractivity contribution in [1.82, 2.24) is 9.24 Å². The summed E-state index contributed by atoms with van der Waals surface area (Å²) in [5.74, 6) is 0. The lowest BCUT2D eigenvalue weighted by Gasteiger charge is -2.37. The molecule has 4 atom stereocenters. The van der Waals surface area contributed by atoms with Gasteiger partial charge in [0.05, 0.1) is 42.3 Å². The predicted octanol–water partition coefficient (Wildman–Crippen LogP) is 8.19. The van der Waals surface area contributed by atoms with E-state index in [1.54, 1.807) is 0 Å². The van der Waals surface area contributed by atoms with Crippen LogP contribution in [0.15, 0.2) is 48.5 Å². The fourth-order valence-electron chi connectivity index (χ4n) is 5.37. The van der Waals surface area contributed by atoms with Gasteiger partial charge in [-0.2, -0.15) is 5.26 Å². The summed E-state index contributed by atoms with van der Waals surface area (Å²) in [6, 6.07) is 17.9. The minimum absolute atomic E-state index is 0.0331. The Labute approximate surface area is 222 Å². The lowest BCUT2D eigenvalue weighted by atomic mass is 10.1. The summed E-state index contributed by atoms with van der Waals surface area (Å²) >= 11 is 0. The van der Waals surface area contributed by atoms with Gasteiger partial charge in [0.25, 0.3) is 8.53 Å². The summed E-state index contributed by atoms with van der Waals surface area (Å²) in [5.41, 5.74) is 3.54. The summed E-state index contributed by atoms with van der Waals surface area (Å²) < 4.78 is 24.3. The summed E-state index contributed by atoms with van der Waals surface area (Å²) in [6.45, 7) is 13.2. The normalized spacial score (nSPS) is 21.2. The van der Waals surface area contributed by atoms with Crippen LogP contribution in [0.4, 0.5) is 0 Å². The number of fused-ring (bicyclic) bond motifs is 3. The van der Waals surface area contributed by atoms with Gasteiger partial charge in [0, 0.05) is 29.3 Å². The van der Waals surface area contributed by atoms with E-state index in [0.29, 0.717) is 13.0 Å². The number of nitrogens with zero attached hydrogens (tertiary/aromatic N) is 3. The highest BCUT2D eigenvalue weighted by Gasteiger charge is 2.41. The molecule has 2 heterocycles. The molecule has 7 heteroatoms. The van der Waals surface area contributed by atoms with Gasteiger partial charge in [-0.15, -0.1) is 0 Å². The zero-order chi connectivity index (χ0) is 26.5. The zero-order valence-electron chi connectivity index (χ0n) is 22.9. The number of benzene rings is 2. The van der Waals surface area contributed by atoms with Gasteiger partial charge in [0.1, 0.15) is 6.23 Å². The van der Waals surface area contributed by atoms with E-state index in [2.05, 4.69) is 105 Å². The standard InChI is InChI=1S/C30H40N3O3P/c1-7-12-23-15-16-27-25(19-23)24-13-9-10-14-26(24)32(27)30-20-29(28(8-2)35-30)36-37(34-18-11-17-31)33(21(3)4)22(5)6/h7,9-10,12-16,19,21-22,28-30H,8,11,18,20H2,1-6H3/b12-7+/t28-,29?,30-,37?/m1/s1. The molecule has 2 unspecified atom stereocenters. The maximum absolute atomic E-state index is 9.06. The second-order valence-electron chi connectivity index (χ2n) is 10.1. The molecule has 4 rings (SSSR count). The Kier molecular flexibility index (Phi) is 9.40. The summed E-state index contributed by atoms with van der Waals surface area (Å²) in [4.78, 5) is 0. The zero-order valence-corrected chi connectivity index (χ0v) is 23.8. The molecule has 6 nitrogen and oxygen atoms in total. The van der Waals surface area contributed by atoms with Gasteiger partial charge in [-0.1, -0.05) is 43.3 Å². The highest BCUT2D eigenvalue weighted by Crippen LogP contribution is 2.51. The van der Waals surface area contributed by atoms with Crippen LogP contribution in [0.2, 0.25) is 0 Å². The molecule has 1 fully saturated rings. The first-order valence-corrected chi connectivity index (χ1v) is 14.6. The van der Waals surface area contributed by atoms with E-state index in [9.17, 15) is 0 Å². The van der Waals surface area contributed by atoms with Gasteiger partial charge in [-0.25, -0.2) is 4.67 Å². The van der Waals surface area contributed by atoms with E-state index in [1.165, 1.54) is 27.4 Å². The molecule has 2 aromatic carbocycles. The molecule has 0 radical (unpaired) electrons. The Morgan fingerprint density at radius 1 is 1.14 bits per heavy atom. The number of nitriles is 1.